The van der Waals surface area contributed by atoms with Crippen LogP contribution in [0.25, 0.3) is 0 Å². The fourth-order valence-electron chi connectivity index (χ4n) is 4.30. The lowest BCUT2D eigenvalue weighted by molar-refractivity contribution is 0.0183. The molecule has 0 aliphatic heterocycles. The third-order valence-corrected chi connectivity index (χ3v) is 5.91. The van der Waals surface area contributed by atoms with Gasteiger partial charge in [-0.1, -0.05) is 11.8 Å². The van der Waals surface area contributed by atoms with Crippen LogP contribution in [0.3, 0.4) is 0 Å². The van der Waals surface area contributed by atoms with Gasteiger partial charge < -0.3 is 24.7 Å². The molecule has 2 N–H and O–H groups in total. The Hall–Kier alpha value is -2.72. The van der Waals surface area contributed by atoms with Gasteiger partial charge in [0.1, 0.15) is 12.2 Å². The number of anilines is 1. The molecular formula is C25H36N2O5. The Kier molecular flexibility index (Phi) is 8.57. The van der Waals surface area contributed by atoms with E-state index in [2.05, 4.69) is 23.7 Å². The molecule has 1 fully saturated rings. The lowest BCUT2D eigenvalue weighted by Crippen LogP contribution is -2.46. The number of amides is 1. The van der Waals surface area contributed by atoms with Crippen LogP contribution in [0, 0.1) is 18.8 Å². The number of carboxylic acids is 1. The second-order valence-corrected chi connectivity index (χ2v) is 9.27. The monoisotopic (exact) mass is 444 g/mol. The highest BCUT2D eigenvalue weighted by atomic mass is 16.6. The first-order chi connectivity index (χ1) is 15.0. The van der Waals surface area contributed by atoms with Crippen LogP contribution in [-0.2, 0) is 4.74 Å². The van der Waals surface area contributed by atoms with E-state index in [1.807, 2.05) is 33.8 Å². The van der Waals surface area contributed by atoms with Crippen LogP contribution >= 0.6 is 0 Å². The number of aliphatic hydroxyl groups excluding tert-OH is 1. The van der Waals surface area contributed by atoms with Crippen molar-refractivity contribution < 1.29 is 24.5 Å². The predicted molar refractivity (Wildman–Crippen MR) is 125 cm³/mol. The molecule has 7 heteroatoms. The van der Waals surface area contributed by atoms with Gasteiger partial charge in [0.25, 0.3) is 0 Å². The molecule has 0 unspecified atom stereocenters. The van der Waals surface area contributed by atoms with Crippen LogP contribution in [0.1, 0.15) is 74.9 Å². The molecule has 1 aromatic rings. The normalized spacial score (nSPS) is 18.3. The SMILES string of the molecule is CCN(c1cc(C#CCO)cc(C(=O)O)c1C)C1CCC(N(C)C(=O)OC(C)(C)C)CC1. The fraction of sp³-hybridized carbons (Fsp3) is 0.600. The Labute approximate surface area is 191 Å². The highest BCUT2D eigenvalue weighted by Gasteiger charge is 2.32. The highest BCUT2D eigenvalue weighted by Crippen LogP contribution is 2.33. The highest BCUT2D eigenvalue weighted by molar-refractivity contribution is 5.92. The van der Waals surface area contributed by atoms with Crippen molar-refractivity contribution in [3.05, 3.63) is 28.8 Å². The van der Waals surface area contributed by atoms with E-state index in [-0.39, 0.29) is 30.3 Å². The van der Waals surface area contributed by atoms with Crippen molar-refractivity contribution in [3.8, 4) is 11.8 Å². The molecule has 0 spiro atoms. The molecule has 1 aliphatic rings. The third kappa shape index (κ3) is 6.39. The first-order valence-electron chi connectivity index (χ1n) is 11.2. The fourth-order valence-corrected chi connectivity index (χ4v) is 4.30. The molecule has 0 heterocycles. The molecule has 1 amide bonds. The molecule has 1 saturated carbocycles. The molecule has 2 rings (SSSR count). The minimum Gasteiger partial charge on any atom is -0.478 e. The first kappa shape index (κ1) is 25.5. The van der Waals surface area contributed by atoms with E-state index in [1.54, 1.807) is 18.0 Å². The summed E-state index contributed by atoms with van der Waals surface area (Å²) < 4.78 is 5.50. The maximum absolute atomic E-state index is 12.4. The molecule has 32 heavy (non-hydrogen) atoms. The zero-order valence-corrected chi connectivity index (χ0v) is 20.1. The van der Waals surface area contributed by atoms with Gasteiger partial charge in [0.05, 0.1) is 5.56 Å². The summed E-state index contributed by atoms with van der Waals surface area (Å²) in [7, 11) is 1.79. The summed E-state index contributed by atoms with van der Waals surface area (Å²) in [6, 6.07) is 3.83. The van der Waals surface area contributed by atoms with Crippen molar-refractivity contribution in [1.82, 2.24) is 4.90 Å². The zero-order chi connectivity index (χ0) is 24.1. The van der Waals surface area contributed by atoms with Crippen molar-refractivity contribution in [3.63, 3.8) is 0 Å². The lowest BCUT2D eigenvalue weighted by atomic mass is 9.88. The van der Waals surface area contributed by atoms with Gasteiger partial charge in [-0.05, 0) is 78.0 Å². The van der Waals surface area contributed by atoms with Crippen LogP contribution in [0.2, 0.25) is 0 Å². The van der Waals surface area contributed by atoms with Gasteiger partial charge in [0.15, 0.2) is 0 Å². The smallest absolute Gasteiger partial charge is 0.410 e. The number of hydrogen-bond acceptors (Lipinski definition) is 5. The van der Waals surface area contributed by atoms with E-state index in [0.29, 0.717) is 11.1 Å². The largest absolute Gasteiger partial charge is 0.478 e. The average Bonchev–Trinajstić information content (AvgIpc) is 2.72. The number of carboxylic acid groups (broad SMARTS) is 1. The third-order valence-electron chi connectivity index (χ3n) is 5.91. The summed E-state index contributed by atoms with van der Waals surface area (Å²) >= 11 is 0. The number of hydrogen-bond donors (Lipinski definition) is 2. The van der Waals surface area contributed by atoms with Crippen molar-refractivity contribution >= 4 is 17.7 Å². The number of rotatable bonds is 5. The molecule has 0 bridgehead atoms. The number of carbonyl (C=O) groups excluding carboxylic acids is 1. The molecule has 0 radical (unpaired) electrons. The van der Waals surface area contributed by atoms with E-state index >= 15 is 0 Å². The standard InChI is InChI=1S/C25H36N2O5/c1-7-27(22-16-18(9-8-14-28)15-21(17(22)2)23(29)30)20-12-10-19(11-13-20)26(6)24(31)32-25(3,4)5/h15-16,19-20,28H,7,10-14H2,1-6H3,(H,29,30). The van der Waals surface area contributed by atoms with Gasteiger partial charge in [0, 0.05) is 36.9 Å². The molecule has 0 aromatic heterocycles. The van der Waals surface area contributed by atoms with Crippen molar-refractivity contribution in [1.29, 1.82) is 0 Å². The number of nitrogens with zero attached hydrogens (tertiary/aromatic N) is 2. The minimum absolute atomic E-state index is 0.122. The van der Waals surface area contributed by atoms with Gasteiger partial charge in [0.2, 0.25) is 0 Å². The molecular weight excluding hydrogens is 408 g/mol. The number of aromatic carboxylic acids is 1. The number of carbonyl (C=O) groups is 2. The Morgan fingerprint density at radius 2 is 1.75 bits per heavy atom. The van der Waals surface area contributed by atoms with E-state index < -0.39 is 11.6 Å². The average molecular weight is 445 g/mol. The van der Waals surface area contributed by atoms with Crippen LogP contribution in [0.4, 0.5) is 10.5 Å². The second-order valence-electron chi connectivity index (χ2n) is 9.27. The second kappa shape index (κ2) is 10.7. The van der Waals surface area contributed by atoms with Gasteiger partial charge in [-0.15, -0.1) is 0 Å². The Morgan fingerprint density at radius 1 is 1.16 bits per heavy atom. The molecule has 176 valence electrons. The Morgan fingerprint density at radius 3 is 2.25 bits per heavy atom. The van der Waals surface area contributed by atoms with Crippen LogP contribution in [-0.4, -0.2) is 65.1 Å². The van der Waals surface area contributed by atoms with Crippen LogP contribution < -0.4 is 4.90 Å². The summed E-state index contributed by atoms with van der Waals surface area (Å²) in [5.74, 6) is 4.46. The summed E-state index contributed by atoms with van der Waals surface area (Å²) in [4.78, 5) is 28.2. The first-order valence-corrected chi connectivity index (χ1v) is 11.2. The summed E-state index contributed by atoms with van der Waals surface area (Å²) in [5, 5.41) is 18.7. The Bertz CT molecular complexity index is 886. The van der Waals surface area contributed by atoms with E-state index in [1.165, 1.54) is 0 Å². The minimum atomic E-state index is -0.991. The molecule has 0 atom stereocenters. The van der Waals surface area contributed by atoms with Crippen molar-refractivity contribution in [2.24, 2.45) is 0 Å². The quantitative estimate of drug-likeness (QED) is 0.666. The van der Waals surface area contributed by atoms with Gasteiger partial charge in [-0.25, -0.2) is 9.59 Å². The topological polar surface area (TPSA) is 90.3 Å². The summed E-state index contributed by atoms with van der Waals surface area (Å²) in [6.45, 7) is 9.92. The number of ether oxygens (including phenoxy) is 1. The molecule has 1 aliphatic carbocycles. The summed E-state index contributed by atoms with van der Waals surface area (Å²) in [6.07, 6.45) is 3.18. The van der Waals surface area contributed by atoms with Crippen molar-refractivity contribution in [2.45, 2.75) is 78.0 Å². The van der Waals surface area contributed by atoms with E-state index in [4.69, 9.17) is 9.84 Å². The van der Waals surface area contributed by atoms with E-state index in [0.717, 1.165) is 37.9 Å². The maximum atomic E-state index is 12.4. The summed E-state index contributed by atoms with van der Waals surface area (Å²) in [5.41, 5.74) is 1.85. The number of benzene rings is 1. The van der Waals surface area contributed by atoms with Crippen molar-refractivity contribution in [2.75, 3.05) is 25.1 Å². The van der Waals surface area contributed by atoms with Crippen LogP contribution in [0.15, 0.2) is 12.1 Å². The number of aliphatic hydroxyl groups is 1. The van der Waals surface area contributed by atoms with Gasteiger partial charge >= 0.3 is 12.1 Å². The molecule has 1 aromatic carbocycles. The predicted octanol–water partition coefficient (Wildman–Crippen LogP) is 4.04. The van der Waals surface area contributed by atoms with E-state index in [9.17, 15) is 14.7 Å². The maximum Gasteiger partial charge on any atom is 0.410 e. The zero-order valence-electron chi connectivity index (χ0n) is 20.1. The lowest BCUT2D eigenvalue weighted by Gasteiger charge is -2.41. The molecule has 0 saturated heterocycles. The van der Waals surface area contributed by atoms with Gasteiger partial charge in [-0.2, -0.15) is 0 Å². The molecule has 7 nitrogen and oxygen atoms in total. The Balaban J connectivity index is 2.21. The van der Waals surface area contributed by atoms with Crippen LogP contribution in [0.5, 0.6) is 0 Å². The van der Waals surface area contributed by atoms with Gasteiger partial charge in [-0.3, -0.25) is 0 Å².